The first kappa shape index (κ1) is 26.2. The molecule has 5 heteroatoms. The highest BCUT2D eigenvalue weighted by Crippen LogP contribution is 2.36. The Balaban J connectivity index is 1.87. The third kappa shape index (κ3) is 7.30. The molecule has 0 saturated carbocycles. The van der Waals surface area contributed by atoms with Crippen LogP contribution in [0.4, 0.5) is 0 Å². The highest BCUT2D eigenvalue weighted by Gasteiger charge is 2.21. The Bertz CT molecular complexity index is 937. The van der Waals surface area contributed by atoms with Crippen LogP contribution in [0.2, 0.25) is 0 Å². The van der Waals surface area contributed by atoms with Crippen molar-refractivity contribution in [3.63, 3.8) is 0 Å². The molecule has 0 radical (unpaired) electrons. The molecule has 1 aliphatic heterocycles. The molecule has 2 aromatic rings. The van der Waals surface area contributed by atoms with Gasteiger partial charge in [0.25, 0.3) is 0 Å². The molecule has 0 spiro atoms. The number of ether oxygens (including phenoxy) is 4. The van der Waals surface area contributed by atoms with Gasteiger partial charge in [-0.3, -0.25) is 0 Å². The van der Waals surface area contributed by atoms with E-state index in [0.29, 0.717) is 32.8 Å². The number of aliphatic hydroxyl groups is 1. The van der Waals surface area contributed by atoms with Gasteiger partial charge >= 0.3 is 0 Å². The highest BCUT2D eigenvalue weighted by atomic mass is 16.5. The normalized spacial score (nSPS) is 18.6. The predicted octanol–water partition coefficient (Wildman–Crippen LogP) is 6.29. The molecule has 0 aliphatic carbocycles. The smallest absolute Gasteiger partial charge is 0.161 e. The summed E-state index contributed by atoms with van der Waals surface area (Å²) in [6, 6.07) is 12.3. The molecule has 5 nitrogen and oxygen atoms in total. The van der Waals surface area contributed by atoms with E-state index in [0.717, 1.165) is 29.4 Å². The Labute approximate surface area is 205 Å². The molecule has 1 aliphatic rings. The first-order valence-corrected chi connectivity index (χ1v) is 12.4. The Kier molecular flexibility index (Phi) is 8.40. The van der Waals surface area contributed by atoms with Gasteiger partial charge in [-0.25, -0.2) is 0 Å². The lowest BCUT2D eigenvalue weighted by molar-refractivity contribution is 0.102. The average molecular weight is 471 g/mol. The van der Waals surface area contributed by atoms with Crippen molar-refractivity contribution < 1.29 is 24.1 Å². The summed E-state index contributed by atoms with van der Waals surface area (Å²) in [5.74, 6) is 2.94. The molecular formula is C29H42O5. The minimum atomic E-state index is -0.452. The van der Waals surface area contributed by atoms with Crippen molar-refractivity contribution in [2.24, 2.45) is 5.92 Å². The molecular weight excluding hydrogens is 428 g/mol. The van der Waals surface area contributed by atoms with E-state index >= 15 is 0 Å². The zero-order valence-electron chi connectivity index (χ0n) is 21.9. The van der Waals surface area contributed by atoms with Crippen LogP contribution in [-0.4, -0.2) is 37.6 Å². The summed E-state index contributed by atoms with van der Waals surface area (Å²) in [5.41, 5.74) is 2.40. The maximum absolute atomic E-state index is 10.1. The van der Waals surface area contributed by atoms with Crippen LogP contribution in [0.5, 0.6) is 23.0 Å². The van der Waals surface area contributed by atoms with Crippen molar-refractivity contribution in [3.05, 3.63) is 47.5 Å². The first-order valence-electron chi connectivity index (χ1n) is 12.4. The lowest BCUT2D eigenvalue weighted by Crippen LogP contribution is -2.24. The molecule has 2 atom stereocenters. The number of fused-ring (bicyclic) bond motifs is 2. The van der Waals surface area contributed by atoms with Crippen LogP contribution in [0, 0.1) is 5.92 Å². The fourth-order valence-corrected chi connectivity index (χ4v) is 3.92. The van der Waals surface area contributed by atoms with Crippen LogP contribution in [0.3, 0.4) is 0 Å². The Morgan fingerprint density at radius 3 is 1.68 bits per heavy atom. The maximum atomic E-state index is 10.1. The molecule has 1 heterocycles. The lowest BCUT2D eigenvalue weighted by atomic mass is 9.87. The monoisotopic (exact) mass is 470 g/mol. The maximum Gasteiger partial charge on any atom is 0.161 e. The molecule has 0 aromatic heterocycles. The molecule has 34 heavy (non-hydrogen) atoms. The van der Waals surface area contributed by atoms with Crippen molar-refractivity contribution in [2.75, 3.05) is 26.4 Å². The summed E-state index contributed by atoms with van der Waals surface area (Å²) in [4.78, 5) is 0. The van der Waals surface area contributed by atoms with E-state index in [2.05, 4.69) is 65.8 Å². The molecule has 0 fully saturated rings. The van der Waals surface area contributed by atoms with Gasteiger partial charge in [0.05, 0.1) is 32.5 Å². The van der Waals surface area contributed by atoms with Crippen LogP contribution >= 0.6 is 0 Å². The first-order chi connectivity index (χ1) is 15.9. The Morgan fingerprint density at radius 1 is 0.735 bits per heavy atom. The number of hydrogen-bond acceptors (Lipinski definition) is 5. The Morgan fingerprint density at radius 2 is 1.18 bits per heavy atom. The number of rotatable bonds is 2. The van der Waals surface area contributed by atoms with Gasteiger partial charge in [-0.15, -0.1) is 0 Å². The SMILES string of the molecule is CC(O)CC1COc2ccc(C(C)(C)C)cc2OCCCOc2ccc(C(C)(C)C)cc2OC1. The van der Waals surface area contributed by atoms with Crippen molar-refractivity contribution in [3.8, 4) is 23.0 Å². The summed E-state index contributed by atoms with van der Waals surface area (Å²) in [7, 11) is 0. The van der Waals surface area contributed by atoms with E-state index in [4.69, 9.17) is 18.9 Å². The van der Waals surface area contributed by atoms with E-state index in [1.165, 1.54) is 11.1 Å². The molecule has 188 valence electrons. The summed E-state index contributed by atoms with van der Waals surface area (Å²) in [5, 5.41) is 10.1. The minimum Gasteiger partial charge on any atom is -0.490 e. The van der Waals surface area contributed by atoms with E-state index in [1.807, 2.05) is 12.1 Å². The van der Waals surface area contributed by atoms with Crippen molar-refractivity contribution in [1.82, 2.24) is 0 Å². The highest BCUT2D eigenvalue weighted by molar-refractivity contribution is 5.46. The minimum absolute atomic E-state index is 0.00303. The lowest BCUT2D eigenvalue weighted by Gasteiger charge is -2.25. The largest absolute Gasteiger partial charge is 0.490 e. The van der Waals surface area contributed by atoms with E-state index in [1.54, 1.807) is 6.92 Å². The van der Waals surface area contributed by atoms with Gasteiger partial charge in [-0.2, -0.15) is 0 Å². The molecule has 0 bridgehead atoms. The zero-order chi connectivity index (χ0) is 24.9. The van der Waals surface area contributed by atoms with E-state index in [-0.39, 0.29) is 16.7 Å². The summed E-state index contributed by atoms with van der Waals surface area (Å²) in [6.45, 7) is 16.8. The van der Waals surface area contributed by atoms with Gasteiger partial charge < -0.3 is 24.1 Å². The van der Waals surface area contributed by atoms with Gasteiger partial charge in [0.1, 0.15) is 0 Å². The molecule has 3 rings (SSSR count). The summed E-state index contributed by atoms with van der Waals surface area (Å²) < 4.78 is 24.8. The standard InChI is InChI=1S/C29H42O5/c1-20(30)15-21-18-33-25-12-10-22(28(2,3)4)16-26(25)32-14-8-13-31-24-11-9-23(29(5,6)7)17-27(24)34-19-21/h9-12,16-17,20-21,30H,8,13-15,18-19H2,1-7H3. The quantitative estimate of drug-likeness (QED) is 0.559. The molecule has 2 aromatic carbocycles. The van der Waals surface area contributed by atoms with Gasteiger partial charge in [0.2, 0.25) is 0 Å². The predicted molar refractivity (Wildman–Crippen MR) is 137 cm³/mol. The second-order valence-electron chi connectivity index (χ2n) is 11.4. The fraction of sp³-hybridized carbons (Fsp3) is 0.586. The van der Waals surface area contributed by atoms with Gasteiger partial charge in [-0.1, -0.05) is 53.7 Å². The van der Waals surface area contributed by atoms with Crippen LogP contribution in [0.1, 0.15) is 72.4 Å². The average Bonchev–Trinajstić information content (AvgIpc) is 2.74. The van der Waals surface area contributed by atoms with Crippen LogP contribution in [0.15, 0.2) is 36.4 Å². The van der Waals surface area contributed by atoms with Gasteiger partial charge in [-0.05, 0) is 59.6 Å². The number of aliphatic hydroxyl groups excluding tert-OH is 1. The topological polar surface area (TPSA) is 57.2 Å². The molecule has 0 saturated heterocycles. The second kappa shape index (κ2) is 10.9. The summed E-state index contributed by atoms with van der Waals surface area (Å²) >= 11 is 0. The third-order valence-corrected chi connectivity index (χ3v) is 6.05. The number of hydrogen-bond donors (Lipinski definition) is 1. The van der Waals surface area contributed by atoms with Crippen molar-refractivity contribution in [2.45, 2.75) is 78.2 Å². The van der Waals surface area contributed by atoms with E-state index in [9.17, 15) is 5.11 Å². The van der Waals surface area contributed by atoms with Crippen LogP contribution < -0.4 is 18.9 Å². The van der Waals surface area contributed by atoms with Gasteiger partial charge in [0.15, 0.2) is 23.0 Å². The molecule has 2 unspecified atom stereocenters. The third-order valence-electron chi connectivity index (χ3n) is 6.05. The van der Waals surface area contributed by atoms with Crippen LogP contribution in [0.25, 0.3) is 0 Å². The molecule has 1 N–H and O–H groups in total. The van der Waals surface area contributed by atoms with Gasteiger partial charge in [0, 0.05) is 12.3 Å². The van der Waals surface area contributed by atoms with E-state index < -0.39 is 6.10 Å². The van der Waals surface area contributed by atoms with Crippen molar-refractivity contribution >= 4 is 0 Å². The van der Waals surface area contributed by atoms with Crippen LogP contribution in [-0.2, 0) is 10.8 Å². The molecule has 0 amide bonds. The number of benzene rings is 2. The summed E-state index contributed by atoms with van der Waals surface area (Å²) in [6.07, 6.45) is 0.863. The second-order valence-corrected chi connectivity index (χ2v) is 11.4. The Hall–Kier alpha value is -2.40. The van der Waals surface area contributed by atoms with Crippen molar-refractivity contribution in [1.29, 1.82) is 0 Å². The fourth-order valence-electron chi connectivity index (χ4n) is 3.92. The zero-order valence-corrected chi connectivity index (χ0v) is 21.9.